The van der Waals surface area contributed by atoms with Gasteiger partial charge in [0.25, 0.3) is 0 Å². The van der Waals surface area contributed by atoms with Crippen LogP contribution in [0.1, 0.15) is 10.4 Å². The summed E-state index contributed by atoms with van der Waals surface area (Å²) in [5.41, 5.74) is -1.30. The summed E-state index contributed by atoms with van der Waals surface area (Å²) in [5.74, 6) is -2.30. The van der Waals surface area contributed by atoms with Gasteiger partial charge in [0.1, 0.15) is 5.82 Å². The summed E-state index contributed by atoms with van der Waals surface area (Å²) < 4.78 is 52.0. The van der Waals surface area contributed by atoms with Crippen LogP contribution < -0.4 is 4.72 Å². The van der Waals surface area contributed by atoms with Crippen molar-refractivity contribution in [2.24, 2.45) is 0 Å². The number of hydrogen-bond donors (Lipinski definition) is 1. The molecule has 0 aliphatic carbocycles. The van der Waals surface area contributed by atoms with Gasteiger partial charge in [-0.15, -0.1) is 0 Å². The molecular weight excluding hydrogens is 254 g/mol. The van der Waals surface area contributed by atoms with Gasteiger partial charge in [-0.2, -0.15) is 12.7 Å². The highest BCUT2D eigenvalue weighted by atomic mass is 32.2. The molecule has 0 atom stereocenters. The third kappa shape index (κ3) is 2.77. The van der Waals surface area contributed by atoms with Gasteiger partial charge in [0.15, 0.2) is 12.1 Å². The van der Waals surface area contributed by atoms with Gasteiger partial charge in [-0.05, 0) is 12.1 Å². The molecule has 0 bridgehead atoms. The SMILES string of the molecule is CN(C)S(=O)(=O)Nc1ccc(F)c(C=O)c1F. The van der Waals surface area contributed by atoms with Crippen molar-refractivity contribution in [3.63, 3.8) is 0 Å². The lowest BCUT2D eigenvalue weighted by Gasteiger charge is -2.14. The van der Waals surface area contributed by atoms with Gasteiger partial charge in [-0.3, -0.25) is 9.52 Å². The fraction of sp³-hybridized carbons (Fsp3) is 0.222. The molecular formula is C9H10F2N2O3S. The van der Waals surface area contributed by atoms with Crippen molar-refractivity contribution < 1.29 is 22.0 Å². The number of rotatable bonds is 4. The Bertz CT molecular complexity index is 543. The van der Waals surface area contributed by atoms with Gasteiger partial charge in [0, 0.05) is 14.1 Å². The number of hydrogen-bond acceptors (Lipinski definition) is 3. The topological polar surface area (TPSA) is 66.5 Å². The minimum atomic E-state index is -3.91. The fourth-order valence-electron chi connectivity index (χ4n) is 0.986. The van der Waals surface area contributed by atoms with Crippen molar-refractivity contribution in [3.05, 3.63) is 29.3 Å². The molecule has 0 aliphatic heterocycles. The molecule has 0 spiro atoms. The Morgan fingerprint density at radius 3 is 2.35 bits per heavy atom. The Morgan fingerprint density at radius 2 is 1.88 bits per heavy atom. The minimum Gasteiger partial charge on any atom is -0.298 e. The van der Waals surface area contributed by atoms with Crippen LogP contribution in [0, 0.1) is 11.6 Å². The average molecular weight is 264 g/mol. The lowest BCUT2D eigenvalue weighted by Crippen LogP contribution is -2.29. The number of carbonyl (C=O) groups is 1. The Morgan fingerprint density at radius 1 is 1.29 bits per heavy atom. The number of benzene rings is 1. The van der Waals surface area contributed by atoms with Crippen molar-refractivity contribution in [1.29, 1.82) is 0 Å². The lowest BCUT2D eigenvalue weighted by atomic mass is 10.2. The predicted octanol–water partition coefficient (Wildman–Crippen LogP) is 0.996. The third-order valence-corrected chi connectivity index (χ3v) is 3.40. The Balaban J connectivity index is 3.23. The van der Waals surface area contributed by atoms with Crippen LogP contribution in [0.15, 0.2) is 12.1 Å². The van der Waals surface area contributed by atoms with Crippen molar-refractivity contribution in [3.8, 4) is 0 Å². The molecule has 94 valence electrons. The summed E-state index contributed by atoms with van der Waals surface area (Å²) >= 11 is 0. The smallest absolute Gasteiger partial charge is 0.298 e. The molecule has 1 rings (SSSR count). The molecule has 1 N–H and O–H groups in total. The largest absolute Gasteiger partial charge is 0.301 e. The molecule has 1 aromatic rings. The Labute approximate surface area is 97.2 Å². The quantitative estimate of drug-likeness (QED) is 0.825. The minimum absolute atomic E-state index is 0.0157. The maximum absolute atomic E-state index is 13.5. The molecule has 1 aromatic carbocycles. The molecule has 0 saturated carbocycles. The first-order chi connectivity index (χ1) is 7.79. The highest BCUT2D eigenvalue weighted by Gasteiger charge is 2.19. The van der Waals surface area contributed by atoms with Gasteiger partial charge in [0.2, 0.25) is 0 Å². The second kappa shape index (κ2) is 4.76. The Hall–Kier alpha value is -1.54. The summed E-state index contributed by atoms with van der Waals surface area (Å²) in [5, 5.41) is 0. The Kier molecular flexibility index (Phi) is 3.79. The van der Waals surface area contributed by atoms with Crippen LogP contribution in [0.2, 0.25) is 0 Å². The van der Waals surface area contributed by atoms with E-state index in [1.54, 1.807) is 0 Å². The maximum Gasteiger partial charge on any atom is 0.301 e. The van der Waals surface area contributed by atoms with E-state index in [2.05, 4.69) is 0 Å². The monoisotopic (exact) mass is 264 g/mol. The second-order valence-corrected chi connectivity index (χ2v) is 5.21. The molecule has 8 heteroatoms. The number of anilines is 1. The molecule has 0 heterocycles. The molecule has 0 unspecified atom stereocenters. The van der Waals surface area contributed by atoms with Gasteiger partial charge in [-0.25, -0.2) is 8.78 Å². The van der Waals surface area contributed by atoms with Gasteiger partial charge in [0.05, 0.1) is 11.3 Å². The van der Waals surface area contributed by atoms with E-state index in [0.29, 0.717) is 0 Å². The summed E-state index contributed by atoms with van der Waals surface area (Å²) in [6.45, 7) is 0. The average Bonchev–Trinajstić information content (AvgIpc) is 2.23. The van der Waals surface area contributed by atoms with Crippen molar-refractivity contribution in [1.82, 2.24) is 4.31 Å². The summed E-state index contributed by atoms with van der Waals surface area (Å²) in [4.78, 5) is 10.4. The normalized spacial score (nSPS) is 11.6. The fourth-order valence-corrected chi connectivity index (χ4v) is 1.60. The van der Waals surface area contributed by atoms with Gasteiger partial charge >= 0.3 is 10.2 Å². The molecule has 0 aromatic heterocycles. The van der Waals surface area contributed by atoms with E-state index in [1.165, 1.54) is 14.1 Å². The first-order valence-corrected chi connectivity index (χ1v) is 5.87. The van der Waals surface area contributed by atoms with E-state index < -0.39 is 33.1 Å². The van der Waals surface area contributed by atoms with E-state index in [-0.39, 0.29) is 6.29 Å². The maximum atomic E-state index is 13.5. The number of nitrogens with one attached hydrogen (secondary N) is 1. The zero-order valence-corrected chi connectivity index (χ0v) is 9.88. The van der Waals surface area contributed by atoms with Crippen molar-refractivity contribution in [2.45, 2.75) is 0 Å². The first kappa shape index (κ1) is 13.5. The van der Waals surface area contributed by atoms with Crippen LogP contribution in [0.25, 0.3) is 0 Å². The van der Waals surface area contributed by atoms with E-state index >= 15 is 0 Å². The summed E-state index contributed by atoms with van der Waals surface area (Å²) in [6, 6.07) is 1.71. The molecule has 0 saturated heterocycles. The predicted molar refractivity (Wildman–Crippen MR) is 58.0 cm³/mol. The van der Waals surface area contributed by atoms with Crippen LogP contribution in [0.4, 0.5) is 14.5 Å². The molecule has 0 radical (unpaired) electrons. The zero-order valence-electron chi connectivity index (χ0n) is 9.07. The van der Waals surface area contributed by atoms with E-state index in [9.17, 15) is 22.0 Å². The number of aldehydes is 1. The molecule has 0 amide bonds. The molecule has 0 fully saturated rings. The highest BCUT2D eigenvalue weighted by Crippen LogP contribution is 2.21. The van der Waals surface area contributed by atoms with Crippen LogP contribution in [-0.2, 0) is 10.2 Å². The lowest BCUT2D eigenvalue weighted by molar-refractivity contribution is 0.111. The molecule has 17 heavy (non-hydrogen) atoms. The second-order valence-electron chi connectivity index (χ2n) is 3.33. The molecule has 5 nitrogen and oxygen atoms in total. The van der Waals surface area contributed by atoms with Crippen molar-refractivity contribution in [2.75, 3.05) is 18.8 Å². The summed E-state index contributed by atoms with van der Waals surface area (Å²) in [7, 11) is -1.43. The molecule has 0 aliphatic rings. The van der Waals surface area contributed by atoms with Crippen molar-refractivity contribution >= 4 is 22.2 Å². The zero-order chi connectivity index (χ0) is 13.2. The van der Waals surface area contributed by atoms with Crippen LogP contribution in [-0.4, -0.2) is 33.1 Å². The van der Waals surface area contributed by atoms with E-state index in [4.69, 9.17) is 0 Å². The first-order valence-electron chi connectivity index (χ1n) is 4.43. The standard InChI is InChI=1S/C9H10F2N2O3S/c1-13(2)17(15,16)12-8-4-3-7(10)6(5-14)9(8)11/h3-5,12H,1-2H3. The van der Waals surface area contributed by atoms with Crippen LogP contribution >= 0.6 is 0 Å². The van der Waals surface area contributed by atoms with Crippen LogP contribution in [0.5, 0.6) is 0 Å². The number of halogens is 2. The van der Waals surface area contributed by atoms with Gasteiger partial charge in [-0.1, -0.05) is 0 Å². The van der Waals surface area contributed by atoms with Crippen LogP contribution in [0.3, 0.4) is 0 Å². The van der Waals surface area contributed by atoms with E-state index in [1.807, 2.05) is 4.72 Å². The third-order valence-electron chi connectivity index (χ3n) is 1.96. The summed E-state index contributed by atoms with van der Waals surface area (Å²) in [6.07, 6.45) is -0.0157. The number of nitrogens with zero attached hydrogens (tertiary/aromatic N) is 1. The highest BCUT2D eigenvalue weighted by molar-refractivity contribution is 7.90. The number of carbonyl (C=O) groups excluding carboxylic acids is 1. The van der Waals surface area contributed by atoms with Gasteiger partial charge < -0.3 is 0 Å². The van der Waals surface area contributed by atoms with E-state index in [0.717, 1.165) is 16.4 Å².